The molecule has 0 radical (unpaired) electrons. The minimum absolute atomic E-state index is 0.186. The summed E-state index contributed by atoms with van der Waals surface area (Å²) in [6, 6.07) is 1.74. The van der Waals surface area contributed by atoms with Gasteiger partial charge in [-0.15, -0.1) is 0 Å². The quantitative estimate of drug-likeness (QED) is 0.613. The molecule has 0 aliphatic carbocycles. The average Bonchev–Trinajstić information content (AvgIpc) is 1.85. The molecule has 11 heavy (non-hydrogen) atoms. The molecule has 0 aromatic carbocycles. The second-order valence-corrected chi connectivity index (χ2v) is 3.26. The number of aromatic nitrogens is 2. The van der Waals surface area contributed by atoms with Crippen LogP contribution in [0.5, 0.6) is 5.88 Å². The maximum atomic E-state index is 5.45. The third-order valence-corrected chi connectivity index (χ3v) is 0.966. The molecule has 1 aromatic rings. The first-order valence-electron chi connectivity index (χ1n) is 3.53. The molecule has 0 spiro atoms. The van der Waals surface area contributed by atoms with Gasteiger partial charge in [-0.05, 0) is 20.8 Å². The number of hydrogen-bond acceptors (Lipinski definition) is 3. The second kappa shape index (κ2) is 2.86. The van der Waals surface area contributed by atoms with Crippen LogP contribution in [-0.4, -0.2) is 15.6 Å². The van der Waals surface area contributed by atoms with Crippen LogP contribution in [-0.2, 0) is 0 Å². The Bertz CT molecular complexity index is 215. The zero-order chi connectivity index (χ0) is 8.32. The summed E-state index contributed by atoms with van der Waals surface area (Å²) < 4.78 is 5.45. The van der Waals surface area contributed by atoms with E-state index in [-0.39, 0.29) is 5.60 Å². The van der Waals surface area contributed by atoms with E-state index >= 15 is 0 Å². The lowest BCUT2D eigenvalue weighted by Gasteiger charge is -2.19. The van der Waals surface area contributed by atoms with E-state index in [9.17, 15) is 0 Å². The van der Waals surface area contributed by atoms with Crippen molar-refractivity contribution < 1.29 is 4.74 Å². The Balaban J connectivity index is 2.66. The van der Waals surface area contributed by atoms with E-state index in [4.69, 9.17) is 4.74 Å². The molecule has 0 saturated carbocycles. The second-order valence-electron chi connectivity index (χ2n) is 3.26. The summed E-state index contributed by atoms with van der Waals surface area (Å²) >= 11 is 0. The van der Waals surface area contributed by atoms with Gasteiger partial charge in [0.05, 0.1) is 0 Å². The van der Waals surface area contributed by atoms with Gasteiger partial charge in [0.15, 0.2) is 0 Å². The Morgan fingerprint density at radius 3 is 2.55 bits per heavy atom. The highest BCUT2D eigenvalue weighted by molar-refractivity contribution is 5.05. The highest BCUT2D eigenvalue weighted by Gasteiger charge is 2.11. The van der Waals surface area contributed by atoms with Crippen molar-refractivity contribution in [3.05, 3.63) is 18.6 Å². The van der Waals surface area contributed by atoms with E-state index in [1.165, 1.54) is 6.33 Å². The molecular weight excluding hydrogens is 140 g/mol. The van der Waals surface area contributed by atoms with E-state index in [1.54, 1.807) is 12.3 Å². The fourth-order valence-electron chi connectivity index (χ4n) is 0.653. The third kappa shape index (κ3) is 2.98. The third-order valence-electron chi connectivity index (χ3n) is 0.966. The van der Waals surface area contributed by atoms with Gasteiger partial charge in [-0.3, -0.25) is 0 Å². The maximum Gasteiger partial charge on any atom is 0.216 e. The monoisotopic (exact) mass is 152 g/mol. The van der Waals surface area contributed by atoms with Gasteiger partial charge < -0.3 is 4.74 Å². The van der Waals surface area contributed by atoms with E-state index in [0.717, 1.165) is 0 Å². The summed E-state index contributed by atoms with van der Waals surface area (Å²) in [5.74, 6) is 0.618. The topological polar surface area (TPSA) is 35.0 Å². The maximum absolute atomic E-state index is 5.45. The van der Waals surface area contributed by atoms with Gasteiger partial charge in [-0.1, -0.05) is 0 Å². The number of nitrogens with zero attached hydrogens (tertiary/aromatic N) is 2. The fourth-order valence-corrected chi connectivity index (χ4v) is 0.653. The largest absolute Gasteiger partial charge is 0.472 e. The molecule has 0 atom stereocenters. The minimum atomic E-state index is -0.186. The van der Waals surface area contributed by atoms with Crippen molar-refractivity contribution in [2.24, 2.45) is 0 Å². The molecule has 0 aliphatic rings. The molecule has 3 nitrogen and oxygen atoms in total. The number of rotatable bonds is 1. The van der Waals surface area contributed by atoms with Crippen LogP contribution in [0.1, 0.15) is 20.8 Å². The van der Waals surface area contributed by atoms with Gasteiger partial charge >= 0.3 is 0 Å². The van der Waals surface area contributed by atoms with Gasteiger partial charge in [0.25, 0.3) is 0 Å². The number of hydrogen-bond donors (Lipinski definition) is 0. The van der Waals surface area contributed by atoms with Gasteiger partial charge in [0.1, 0.15) is 11.9 Å². The molecule has 1 aromatic heterocycles. The van der Waals surface area contributed by atoms with E-state index < -0.39 is 0 Å². The molecule has 0 aliphatic heterocycles. The molecule has 1 heterocycles. The van der Waals surface area contributed by atoms with Gasteiger partial charge in [0.2, 0.25) is 5.88 Å². The van der Waals surface area contributed by atoms with Crippen molar-refractivity contribution in [3.63, 3.8) is 0 Å². The highest BCUT2D eigenvalue weighted by Crippen LogP contribution is 2.12. The Hall–Kier alpha value is -1.12. The lowest BCUT2D eigenvalue weighted by molar-refractivity contribution is 0.124. The molecule has 3 heteroatoms. The summed E-state index contributed by atoms with van der Waals surface area (Å²) in [4.78, 5) is 7.72. The summed E-state index contributed by atoms with van der Waals surface area (Å²) in [5, 5.41) is 0. The van der Waals surface area contributed by atoms with Crippen molar-refractivity contribution in [2.75, 3.05) is 0 Å². The lowest BCUT2D eigenvalue weighted by atomic mass is 10.2. The van der Waals surface area contributed by atoms with Crippen LogP contribution in [0, 0.1) is 0 Å². The van der Waals surface area contributed by atoms with Crippen LogP contribution in [0.2, 0.25) is 0 Å². The Labute approximate surface area is 66.4 Å². The normalized spacial score (nSPS) is 11.2. The van der Waals surface area contributed by atoms with Crippen LogP contribution >= 0.6 is 0 Å². The molecular formula is C8H12N2O. The molecule has 1 rings (SSSR count). The van der Waals surface area contributed by atoms with Crippen molar-refractivity contribution in [1.29, 1.82) is 0 Å². The van der Waals surface area contributed by atoms with Gasteiger partial charge in [0, 0.05) is 12.3 Å². The fraction of sp³-hybridized carbons (Fsp3) is 0.500. The van der Waals surface area contributed by atoms with Crippen molar-refractivity contribution in [2.45, 2.75) is 26.4 Å². The van der Waals surface area contributed by atoms with E-state index in [0.29, 0.717) is 5.88 Å². The summed E-state index contributed by atoms with van der Waals surface area (Å²) in [6.07, 6.45) is 3.13. The smallest absolute Gasteiger partial charge is 0.216 e. The first kappa shape index (κ1) is 7.98. The molecule has 0 saturated heterocycles. The van der Waals surface area contributed by atoms with Crippen LogP contribution in [0.15, 0.2) is 18.6 Å². The molecule has 60 valence electrons. The molecule has 0 amide bonds. The summed E-state index contributed by atoms with van der Waals surface area (Å²) in [7, 11) is 0. The number of ether oxygens (including phenoxy) is 1. The first-order chi connectivity index (χ1) is 5.08. The summed E-state index contributed by atoms with van der Waals surface area (Å²) in [5.41, 5.74) is -0.186. The summed E-state index contributed by atoms with van der Waals surface area (Å²) in [6.45, 7) is 5.94. The Morgan fingerprint density at radius 2 is 2.09 bits per heavy atom. The van der Waals surface area contributed by atoms with Crippen molar-refractivity contribution in [3.8, 4) is 5.88 Å². The average molecular weight is 152 g/mol. The molecule has 0 unspecified atom stereocenters. The van der Waals surface area contributed by atoms with Gasteiger partial charge in [-0.25, -0.2) is 9.97 Å². The standard InChI is InChI=1S/C8H12N2O/c1-8(2,3)11-7-4-5-9-6-10-7/h4-6H,1-3H3. The van der Waals surface area contributed by atoms with Crippen molar-refractivity contribution in [1.82, 2.24) is 9.97 Å². The zero-order valence-electron chi connectivity index (χ0n) is 7.03. The molecule has 0 bridgehead atoms. The Morgan fingerprint density at radius 1 is 1.36 bits per heavy atom. The van der Waals surface area contributed by atoms with Crippen LogP contribution < -0.4 is 4.74 Å². The SMILES string of the molecule is CC(C)(C)Oc1ccncn1. The van der Waals surface area contributed by atoms with Crippen LogP contribution in [0.25, 0.3) is 0 Å². The van der Waals surface area contributed by atoms with E-state index in [2.05, 4.69) is 9.97 Å². The van der Waals surface area contributed by atoms with Crippen molar-refractivity contribution >= 4 is 0 Å². The minimum Gasteiger partial charge on any atom is -0.472 e. The van der Waals surface area contributed by atoms with Crippen LogP contribution in [0.4, 0.5) is 0 Å². The van der Waals surface area contributed by atoms with Gasteiger partial charge in [-0.2, -0.15) is 0 Å². The highest BCUT2D eigenvalue weighted by atomic mass is 16.5. The predicted octanol–water partition coefficient (Wildman–Crippen LogP) is 1.65. The molecule has 0 N–H and O–H groups in total. The first-order valence-corrected chi connectivity index (χ1v) is 3.53. The Kier molecular flexibility index (Phi) is 2.08. The van der Waals surface area contributed by atoms with Crippen LogP contribution in [0.3, 0.4) is 0 Å². The predicted molar refractivity (Wildman–Crippen MR) is 42.4 cm³/mol. The van der Waals surface area contributed by atoms with E-state index in [1.807, 2.05) is 20.8 Å². The zero-order valence-corrected chi connectivity index (χ0v) is 7.03. The molecule has 0 fully saturated rings. The lowest BCUT2D eigenvalue weighted by Crippen LogP contribution is -2.23.